The van der Waals surface area contributed by atoms with Gasteiger partial charge in [0.1, 0.15) is 17.5 Å². The number of imidazole rings is 1. The van der Waals surface area contributed by atoms with E-state index in [0.29, 0.717) is 13.1 Å². The smallest absolute Gasteiger partial charge is 0.256 e. The molecule has 26 heavy (non-hydrogen) atoms. The summed E-state index contributed by atoms with van der Waals surface area (Å²) in [6.07, 6.45) is 5.46. The molecule has 1 fully saturated rings. The van der Waals surface area contributed by atoms with Gasteiger partial charge < -0.3 is 14.4 Å². The molecule has 0 bridgehead atoms. The van der Waals surface area contributed by atoms with Crippen molar-refractivity contribution >= 4 is 5.91 Å². The Morgan fingerprint density at radius 3 is 2.92 bits per heavy atom. The van der Waals surface area contributed by atoms with E-state index in [1.807, 2.05) is 20.3 Å². The minimum Gasteiger partial charge on any atom is -0.338 e. The molecule has 5 nitrogen and oxygen atoms in total. The van der Waals surface area contributed by atoms with E-state index in [4.69, 9.17) is 0 Å². The summed E-state index contributed by atoms with van der Waals surface area (Å²) in [5.41, 5.74) is -0.207. The van der Waals surface area contributed by atoms with E-state index >= 15 is 0 Å². The van der Waals surface area contributed by atoms with Crippen LogP contribution in [0.4, 0.5) is 8.78 Å². The number of piperidine rings is 1. The SMILES string of the molecule is CN(C)CCn1ccnc1C1CCCN(C(=O)c2cc(F)ccc2F)C1. The molecule has 2 aromatic rings. The summed E-state index contributed by atoms with van der Waals surface area (Å²) in [5.74, 6) is -0.711. The second kappa shape index (κ2) is 7.95. The Kier molecular flexibility index (Phi) is 5.66. The molecule has 0 aliphatic carbocycles. The molecule has 3 rings (SSSR count). The van der Waals surface area contributed by atoms with Crippen molar-refractivity contribution in [3.8, 4) is 0 Å². The highest BCUT2D eigenvalue weighted by Gasteiger charge is 2.29. The number of nitrogens with zero attached hydrogens (tertiary/aromatic N) is 4. The molecule has 1 unspecified atom stereocenters. The fourth-order valence-electron chi connectivity index (χ4n) is 3.38. The van der Waals surface area contributed by atoms with Crippen LogP contribution in [0.2, 0.25) is 0 Å². The van der Waals surface area contributed by atoms with E-state index in [1.54, 1.807) is 11.1 Å². The van der Waals surface area contributed by atoms with Gasteiger partial charge in [0.2, 0.25) is 0 Å². The number of hydrogen-bond acceptors (Lipinski definition) is 3. The van der Waals surface area contributed by atoms with Crippen LogP contribution in [0.25, 0.3) is 0 Å². The highest BCUT2D eigenvalue weighted by atomic mass is 19.1. The van der Waals surface area contributed by atoms with Crippen LogP contribution in [0.1, 0.15) is 34.9 Å². The number of aromatic nitrogens is 2. The molecule has 7 heteroatoms. The number of halogens is 2. The Morgan fingerprint density at radius 1 is 1.35 bits per heavy atom. The quantitative estimate of drug-likeness (QED) is 0.821. The molecule has 0 saturated carbocycles. The average molecular weight is 362 g/mol. The average Bonchev–Trinajstić information content (AvgIpc) is 3.10. The standard InChI is InChI=1S/C19H24F2N4O/c1-23(2)10-11-24-9-7-22-18(24)14-4-3-8-25(13-14)19(26)16-12-15(20)5-6-17(16)21/h5-7,9,12,14H,3-4,8,10-11,13H2,1-2H3. The Labute approximate surface area is 152 Å². The zero-order chi connectivity index (χ0) is 18.7. The van der Waals surface area contributed by atoms with Crippen LogP contribution in [0.3, 0.4) is 0 Å². The van der Waals surface area contributed by atoms with Crippen LogP contribution in [0.15, 0.2) is 30.6 Å². The largest absolute Gasteiger partial charge is 0.338 e. The maximum absolute atomic E-state index is 14.0. The summed E-state index contributed by atoms with van der Waals surface area (Å²) in [6.45, 7) is 2.73. The lowest BCUT2D eigenvalue weighted by Gasteiger charge is -2.33. The Balaban J connectivity index is 1.75. The molecule has 0 N–H and O–H groups in total. The van der Waals surface area contributed by atoms with Gasteiger partial charge in [-0.1, -0.05) is 0 Å². The van der Waals surface area contributed by atoms with Crippen molar-refractivity contribution in [2.75, 3.05) is 33.7 Å². The third kappa shape index (κ3) is 4.09. The van der Waals surface area contributed by atoms with Gasteiger partial charge in [0.15, 0.2) is 0 Å². The topological polar surface area (TPSA) is 41.4 Å². The van der Waals surface area contributed by atoms with Crippen molar-refractivity contribution in [3.05, 3.63) is 53.6 Å². The van der Waals surface area contributed by atoms with Gasteiger partial charge in [-0.3, -0.25) is 4.79 Å². The van der Waals surface area contributed by atoms with Crippen LogP contribution in [-0.2, 0) is 6.54 Å². The number of hydrogen-bond donors (Lipinski definition) is 0. The number of likely N-dealkylation sites (tertiary alicyclic amines) is 1. The van der Waals surface area contributed by atoms with Crippen LogP contribution in [0.5, 0.6) is 0 Å². The Hall–Kier alpha value is -2.28. The number of benzene rings is 1. The number of carbonyl (C=O) groups excluding carboxylic acids is 1. The molecule has 1 aliphatic rings. The zero-order valence-corrected chi connectivity index (χ0v) is 15.2. The number of likely N-dealkylation sites (N-methyl/N-ethyl adjacent to an activating group) is 1. The molecule has 1 aromatic heterocycles. The Morgan fingerprint density at radius 2 is 2.15 bits per heavy atom. The minimum atomic E-state index is -0.689. The molecule has 1 aromatic carbocycles. The van der Waals surface area contributed by atoms with Gasteiger partial charge in [0.05, 0.1) is 5.56 Å². The van der Waals surface area contributed by atoms with Gasteiger partial charge in [0, 0.05) is 44.5 Å². The van der Waals surface area contributed by atoms with E-state index in [1.165, 1.54) is 0 Å². The third-order valence-electron chi connectivity index (χ3n) is 4.77. The van der Waals surface area contributed by atoms with Gasteiger partial charge in [-0.2, -0.15) is 0 Å². The molecule has 1 amide bonds. The van der Waals surface area contributed by atoms with Gasteiger partial charge in [-0.15, -0.1) is 0 Å². The van der Waals surface area contributed by atoms with Crippen LogP contribution < -0.4 is 0 Å². The summed E-state index contributed by atoms with van der Waals surface area (Å²) in [5, 5.41) is 0. The molecule has 1 saturated heterocycles. The van der Waals surface area contributed by atoms with Gasteiger partial charge in [-0.25, -0.2) is 13.8 Å². The lowest BCUT2D eigenvalue weighted by Crippen LogP contribution is -2.40. The second-order valence-corrected chi connectivity index (χ2v) is 7.00. The Bertz CT molecular complexity index is 775. The van der Waals surface area contributed by atoms with Crippen molar-refractivity contribution in [2.45, 2.75) is 25.3 Å². The monoisotopic (exact) mass is 362 g/mol. The first-order valence-electron chi connectivity index (χ1n) is 8.86. The number of carbonyl (C=O) groups is 1. The van der Waals surface area contributed by atoms with Crippen molar-refractivity contribution in [3.63, 3.8) is 0 Å². The first-order chi connectivity index (χ1) is 12.5. The van der Waals surface area contributed by atoms with E-state index in [9.17, 15) is 13.6 Å². The van der Waals surface area contributed by atoms with Gasteiger partial charge >= 0.3 is 0 Å². The van der Waals surface area contributed by atoms with Crippen molar-refractivity contribution in [1.29, 1.82) is 0 Å². The van der Waals surface area contributed by atoms with Crippen LogP contribution in [0, 0.1) is 11.6 Å². The highest BCUT2D eigenvalue weighted by molar-refractivity contribution is 5.94. The number of amides is 1. The summed E-state index contributed by atoms with van der Waals surface area (Å²) >= 11 is 0. The third-order valence-corrected chi connectivity index (χ3v) is 4.77. The van der Waals surface area contributed by atoms with E-state index in [-0.39, 0.29) is 11.5 Å². The molecule has 140 valence electrons. The molecule has 1 atom stereocenters. The fraction of sp³-hybridized carbons (Fsp3) is 0.474. The minimum absolute atomic E-state index is 0.0986. The normalized spacial score (nSPS) is 17.7. The predicted octanol–water partition coefficient (Wildman–Crippen LogP) is 2.74. The molecular formula is C19H24F2N4O. The predicted molar refractivity (Wildman–Crippen MR) is 95.0 cm³/mol. The molecular weight excluding hydrogens is 338 g/mol. The maximum Gasteiger partial charge on any atom is 0.256 e. The molecule has 1 aliphatic heterocycles. The van der Waals surface area contributed by atoms with Crippen LogP contribution in [-0.4, -0.2) is 59.0 Å². The lowest BCUT2D eigenvalue weighted by atomic mass is 9.96. The summed E-state index contributed by atoms with van der Waals surface area (Å²) in [7, 11) is 4.04. The van der Waals surface area contributed by atoms with E-state index in [0.717, 1.165) is 50.0 Å². The fourth-order valence-corrected chi connectivity index (χ4v) is 3.38. The summed E-state index contributed by atoms with van der Waals surface area (Å²) in [6, 6.07) is 2.99. The van der Waals surface area contributed by atoms with E-state index < -0.39 is 17.5 Å². The highest BCUT2D eigenvalue weighted by Crippen LogP contribution is 2.27. The first kappa shape index (κ1) is 18.5. The van der Waals surface area contributed by atoms with E-state index in [2.05, 4.69) is 14.5 Å². The summed E-state index contributed by atoms with van der Waals surface area (Å²) < 4.78 is 29.5. The summed E-state index contributed by atoms with van der Waals surface area (Å²) in [4.78, 5) is 20.9. The first-order valence-corrected chi connectivity index (χ1v) is 8.86. The van der Waals surface area contributed by atoms with Gasteiger partial charge in [-0.05, 0) is 45.1 Å². The molecule has 0 spiro atoms. The second-order valence-electron chi connectivity index (χ2n) is 7.00. The van der Waals surface area contributed by atoms with Crippen molar-refractivity contribution in [1.82, 2.24) is 19.4 Å². The lowest BCUT2D eigenvalue weighted by molar-refractivity contribution is 0.0698. The molecule has 2 heterocycles. The van der Waals surface area contributed by atoms with Gasteiger partial charge in [0.25, 0.3) is 5.91 Å². The zero-order valence-electron chi connectivity index (χ0n) is 15.2. The van der Waals surface area contributed by atoms with Crippen molar-refractivity contribution < 1.29 is 13.6 Å². The number of rotatable bonds is 5. The van der Waals surface area contributed by atoms with Crippen LogP contribution >= 0.6 is 0 Å². The van der Waals surface area contributed by atoms with Crippen molar-refractivity contribution in [2.24, 2.45) is 0 Å². The molecule has 0 radical (unpaired) electrons. The maximum atomic E-state index is 14.0.